The summed E-state index contributed by atoms with van der Waals surface area (Å²) in [6, 6.07) is 8.37. The Morgan fingerprint density at radius 1 is 1.40 bits per heavy atom. The first-order valence-electron chi connectivity index (χ1n) is 6.94. The highest BCUT2D eigenvalue weighted by atomic mass is 35.5. The van der Waals surface area contributed by atoms with Crippen molar-refractivity contribution in [1.29, 1.82) is 0 Å². The molecule has 1 aliphatic rings. The van der Waals surface area contributed by atoms with Gasteiger partial charge in [0.2, 0.25) is 5.91 Å². The number of hydrogen-bond donors (Lipinski definition) is 2. The number of hydrogen-bond acceptors (Lipinski definition) is 3. The molecule has 1 amide bonds. The van der Waals surface area contributed by atoms with Gasteiger partial charge in [-0.2, -0.15) is 0 Å². The third-order valence-electron chi connectivity index (χ3n) is 3.41. The molecule has 1 fully saturated rings. The van der Waals surface area contributed by atoms with Crippen molar-refractivity contribution in [2.75, 3.05) is 19.8 Å². The van der Waals surface area contributed by atoms with E-state index in [1.807, 2.05) is 12.1 Å². The number of halogens is 1. The van der Waals surface area contributed by atoms with Crippen LogP contribution in [-0.4, -0.2) is 31.7 Å². The van der Waals surface area contributed by atoms with Crippen molar-refractivity contribution in [1.82, 2.24) is 10.6 Å². The summed E-state index contributed by atoms with van der Waals surface area (Å²) in [6.07, 6.45) is 1.47. The Balaban J connectivity index is 0.00000200. The van der Waals surface area contributed by atoms with E-state index in [1.165, 1.54) is 11.1 Å². The van der Waals surface area contributed by atoms with Gasteiger partial charge in [0.05, 0.1) is 13.2 Å². The number of carbonyl (C=O) groups excluding carboxylic acids is 1. The van der Waals surface area contributed by atoms with E-state index in [0.29, 0.717) is 19.6 Å². The zero-order chi connectivity index (χ0) is 13.5. The zero-order valence-corrected chi connectivity index (χ0v) is 12.7. The van der Waals surface area contributed by atoms with E-state index >= 15 is 0 Å². The fourth-order valence-corrected chi connectivity index (χ4v) is 2.32. The van der Waals surface area contributed by atoms with Crippen LogP contribution in [0.5, 0.6) is 0 Å². The minimum atomic E-state index is 0. The average molecular weight is 299 g/mol. The van der Waals surface area contributed by atoms with E-state index < -0.39 is 0 Å². The van der Waals surface area contributed by atoms with Crippen molar-refractivity contribution in [2.24, 2.45) is 0 Å². The quantitative estimate of drug-likeness (QED) is 0.869. The molecule has 20 heavy (non-hydrogen) atoms. The van der Waals surface area contributed by atoms with Crippen molar-refractivity contribution in [3.8, 4) is 0 Å². The molecular formula is C15H23ClN2O2. The fraction of sp³-hybridized carbons (Fsp3) is 0.533. The van der Waals surface area contributed by atoms with Crippen molar-refractivity contribution in [2.45, 2.75) is 32.4 Å². The van der Waals surface area contributed by atoms with E-state index in [2.05, 4.69) is 29.7 Å². The number of aryl methyl sites for hydroxylation is 1. The second kappa shape index (κ2) is 8.95. The predicted octanol–water partition coefficient (Wildman–Crippen LogP) is 1.67. The van der Waals surface area contributed by atoms with Crippen LogP contribution in [0.2, 0.25) is 0 Å². The maximum absolute atomic E-state index is 11.9. The minimum Gasteiger partial charge on any atom is -0.378 e. The second-order valence-corrected chi connectivity index (χ2v) is 4.83. The van der Waals surface area contributed by atoms with Crippen molar-refractivity contribution < 1.29 is 9.53 Å². The van der Waals surface area contributed by atoms with Crippen molar-refractivity contribution in [3.05, 3.63) is 35.4 Å². The topological polar surface area (TPSA) is 50.4 Å². The lowest BCUT2D eigenvalue weighted by atomic mass is 10.1. The van der Waals surface area contributed by atoms with Gasteiger partial charge in [-0.1, -0.05) is 31.2 Å². The van der Waals surface area contributed by atoms with Gasteiger partial charge in [-0.3, -0.25) is 4.79 Å². The molecule has 1 aromatic carbocycles. The summed E-state index contributed by atoms with van der Waals surface area (Å²) in [4.78, 5) is 11.9. The molecule has 112 valence electrons. The van der Waals surface area contributed by atoms with Crippen LogP contribution >= 0.6 is 12.4 Å². The van der Waals surface area contributed by atoms with E-state index in [-0.39, 0.29) is 24.4 Å². The molecule has 0 radical (unpaired) electrons. The lowest BCUT2D eigenvalue weighted by Crippen LogP contribution is -2.44. The molecule has 1 aromatic rings. The van der Waals surface area contributed by atoms with Gasteiger partial charge < -0.3 is 15.4 Å². The van der Waals surface area contributed by atoms with Crippen LogP contribution in [0.4, 0.5) is 0 Å². The number of nitrogens with one attached hydrogen (secondary N) is 2. The van der Waals surface area contributed by atoms with E-state index in [9.17, 15) is 4.79 Å². The van der Waals surface area contributed by atoms with Crippen molar-refractivity contribution >= 4 is 18.3 Å². The number of morpholine rings is 1. The highest BCUT2D eigenvalue weighted by Crippen LogP contribution is 2.09. The molecule has 1 aliphatic heterocycles. The molecule has 0 saturated carbocycles. The smallest absolute Gasteiger partial charge is 0.221 e. The Hall–Kier alpha value is -1.10. The number of rotatable bonds is 5. The van der Waals surface area contributed by atoms with E-state index in [1.54, 1.807) is 0 Å². The molecule has 2 N–H and O–H groups in total. The third kappa shape index (κ3) is 5.12. The van der Waals surface area contributed by atoms with Crippen LogP contribution in [0.25, 0.3) is 0 Å². The van der Waals surface area contributed by atoms with Crippen LogP contribution in [0.15, 0.2) is 24.3 Å². The molecule has 4 nitrogen and oxygen atoms in total. The SMILES string of the molecule is CCc1ccccc1CNC(=O)CC1COCCN1.Cl. The molecule has 1 atom stereocenters. The molecule has 0 aliphatic carbocycles. The number of amides is 1. The first kappa shape index (κ1) is 17.0. The van der Waals surface area contributed by atoms with Crippen LogP contribution in [-0.2, 0) is 22.5 Å². The Morgan fingerprint density at radius 2 is 2.15 bits per heavy atom. The van der Waals surface area contributed by atoms with Gasteiger partial charge in [0, 0.05) is 25.6 Å². The third-order valence-corrected chi connectivity index (χ3v) is 3.41. The molecule has 0 aromatic heterocycles. The molecule has 0 spiro atoms. The highest BCUT2D eigenvalue weighted by Gasteiger charge is 2.16. The van der Waals surface area contributed by atoms with Crippen LogP contribution in [0.1, 0.15) is 24.5 Å². The van der Waals surface area contributed by atoms with Gasteiger partial charge in [-0.15, -0.1) is 12.4 Å². The predicted molar refractivity (Wildman–Crippen MR) is 82.1 cm³/mol. The maximum Gasteiger partial charge on any atom is 0.221 e. The lowest BCUT2D eigenvalue weighted by molar-refractivity contribution is -0.122. The summed E-state index contributed by atoms with van der Waals surface area (Å²) < 4.78 is 5.34. The number of benzene rings is 1. The van der Waals surface area contributed by atoms with Crippen LogP contribution in [0.3, 0.4) is 0 Å². The fourth-order valence-electron chi connectivity index (χ4n) is 2.32. The van der Waals surface area contributed by atoms with Gasteiger partial charge in [0.25, 0.3) is 0 Å². The Labute approximate surface area is 126 Å². The summed E-state index contributed by atoms with van der Waals surface area (Å²) in [6.45, 7) is 4.93. The van der Waals surface area contributed by atoms with E-state index in [0.717, 1.165) is 19.6 Å². The van der Waals surface area contributed by atoms with Crippen LogP contribution in [0, 0.1) is 0 Å². The summed E-state index contributed by atoms with van der Waals surface area (Å²) in [5.74, 6) is 0.0777. The zero-order valence-electron chi connectivity index (χ0n) is 11.9. The summed E-state index contributed by atoms with van der Waals surface area (Å²) >= 11 is 0. The van der Waals surface area contributed by atoms with Crippen LogP contribution < -0.4 is 10.6 Å². The Kier molecular flexibility index (Phi) is 7.59. The summed E-state index contributed by atoms with van der Waals surface area (Å²) in [7, 11) is 0. The molecule has 1 heterocycles. The summed E-state index contributed by atoms with van der Waals surface area (Å²) in [5, 5.41) is 6.27. The molecule has 5 heteroatoms. The molecule has 0 bridgehead atoms. The normalized spacial score (nSPS) is 18.1. The first-order chi connectivity index (χ1) is 9.29. The Bertz CT molecular complexity index is 420. The molecular weight excluding hydrogens is 276 g/mol. The minimum absolute atomic E-state index is 0. The number of ether oxygens (including phenoxy) is 1. The van der Waals surface area contributed by atoms with Gasteiger partial charge in [-0.05, 0) is 17.5 Å². The van der Waals surface area contributed by atoms with E-state index in [4.69, 9.17) is 4.74 Å². The van der Waals surface area contributed by atoms with Crippen molar-refractivity contribution in [3.63, 3.8) is 0 Å². The van der Waals surface area contributed by atoms with Gasteiger partial charge in [-0.25, -0.2) is 0 Å². The second-order valence-electron chi connectivity index (χ2n) is 4.83. The number of carbonyl (C=O) groups is 1. The lowest BCUT2D eigenvalue weighted by Gasteiger charge is -2.23. The Morgan fingerprint density at radius 3 is 2.80 bits per heavy atom. The highest BCUT2D eigenvalue weighted by molar-refractivity contribution is 5.85. The summed E-state index contributed by atoms with van der Waals surface area (Å²) in [5.41, 5.74) is 2.49. The average Bonchev–Trinajstić information content (AvgIpc) is 2.46. The first-order valence-corrected chi connectivity index (χ1v) is 6.94. The van der Waals surface area contributed by atoms with Gasteiger partial charge >= 0.3 is 0 Å². The standard InChI is InChI=1S/C15H22N2O2.ClH/c1-2-12-5-3-4-6-13(12)10-17-15(18)9-14-11-19-8-7-16-14;/h3-6,14,16H,2,7-11H2,1H3,(H,17,18);1H. The van der Waals surface area contributed by atoms with Gasteiger partial charge in [0.15, 0.2) is 0 Å². The largest absolute Gasteiger partial charge is 0.378 e. The molecule has 1 saturated heterocycles. The monoisotopic (exact) mass is 298 g/mol. The van der Waals surface area contributed by atoms with Gasteiger partial charge in [0.1, 0.15) is 0 Å². The maximum atomic E-state index is 11.9. The molecule has 2 rings (SSSR count). The molecule has 1 unspecified atom stereocenters.